The number of aromatic nitrogens is 2. The van der Waals surface area contributed by atoms with Crippen molar-refractivity contribution in [3.8, 4) is 0 Å². The van der Waals surface area contributed by atoms with Crippen LogP contribution >= 0.6 is 0 Å². The second-order valence-electron chi connectivity index (χ2n) is 1.47. The van der Waals surface area contributed by atoms with Gasteiger partial charge in [0, 0.05) is 20.4 Å². The van der Waals surface area contributed by atoms with Gasteiger partial charge >= 0.3 is 0 Å². The van der Waals surface area contributed by atoms with Crippen LogP contribution in [0, 0.1) is 19.4 Å². The van der Waals surface area contributed by atoms with E-state index in [1.807, 2.05) is 14.0 Å². The zero-order chi connectivity index (χ0) is 5.28. The predicted octanol–water partition coefficient (Wildman–Crippen LogP) is 0.326. The van der Waals surface area contributed by atoms with E-state index in [2.05, 4.69) is 17.5 Å². The van der Waals surface area contributed by atoms with Gasteiger partial charge in [-0.3, -0.25) is 0 Å². The maximum Gasteiger partial charge on any atom is 0 e. The van der Waals surface area contributed by atoms with E-state index >= 15 is 0 Å². The zero-order valence-corrected chi connectivity index (χ0v) is 14.6. The number of aryl methyl sites for hydroxylation is 2. The SMILES string of the molecule is Cc1[c-]n(C)[c-]n1.[Re].[Rf]. The van der Waals surface area contributed by atoms with Crippen LogP contribution in [0.25, 0.3) is 0 Å². The molecule has 9 heavy (non-hydrogen) atoms. The molecule has 1 aromatic rings. The normalized spacial score (nSPS) is 7.33. The van der Waals surface area contributed by atoms with E-state index in [9.17, 15) is 0 Å². The third kappa shape index (κ3) is 2.63. The van der Waals surface area contributed by atoms with Gasteiger partial charge in [-0.2, -0.15) is 5.69 Å². The minimum atomic E-state index is 0. The summed E-state index contributed by atoms with van der Waals surface area (Å²) in [6, 6.07) is 0. The smallest absolute Gasteiger partial charge is 0 e. The Labute approximate surface area is 62.6 Å². The molecule has 4 heteroatoms. The monoisotopic (exact) mass is 548 g/mol. The molecule has 1 radical (unpaired) electrons. The third-order valence-corrected chi connectivity index (χ3v) is 0.697. The Kier molecular flexibility index (Phi) is 4.58. The van der Waals surface area contributed by atoms with Crippen molar-refractivity contribution in [3.05, 3.63) is 18.2 Å². The van der Waals surface area contributed by atoms with E-state index in [-0.39, 0.29) is 20.4 Å². The standard InChI is InChI=1S/C5H6N2.Re.Rf/c1-5-3-7(2)4-6-5;;/h1-2H3;;/q-2;;. The van der Waals surface area contributed by atoms with E-state index in [0.717, 1.165) is 5.69 Å². The molecule has 2 nitrogen and oxygen atoms in total. The van der Waals surface area contributed by atoms with Crippen LogP contribution in [0.1, 0.15) is 5.69 Å². The van der Waals surface area contributed by atoms with Gasteiger partial charge in [-0.25, -0.2) is 0 Å². The van der Waals surface area contributed by atoms with Crippen molar-refractivity contribution in [1.29, 1.82) is 0 Å². The van der Waals surface area contributed by atoms with Gasteiger partial charge in [0.25, 0.3) is 0 Å². The molecule has 0 N–H and O–H groups in total. The van der Waals surface area contributed by atoms with Crippen LogP contribution in [0.2, 0.25) is 0 Å². The molecular formula is C5H6N2ReRf-2. The van der Waals surface area contributed by atoms with Gasteiger partial charge in [0.05, 0.1) is 0 Å². The first kappa shape index (κ1) is 10.8. The molecule has 0 saturated heterocycles. The van der Waals surface area contributed by atoms with Crippen molar-refractivity contribution in [2.45, 2.75) is 6.92 Å². The fourth-order valence-electron chi connectivity index (χ4n) is 0.443. The van der Waals surface area contributed by atoms with Gasteiger partial charge in [-0.15, -0.1) is 0 Å². The molecule has 0 saturated carbocycles. The summed E-state index contributed by atoms with van der Waals surface area (Å²) in [5.41, 5.74) is 0.891. The Hall–Kier alpha value is -1.13. The third-order valence-electron chi connectivity index (χ3n) is 0.697. The first-order valence-electron chi connectivity index (χ1n) is 2.09. The molecule has 0 aromatic carbocycles. The van der Waals surface area contributed by atoms with Crippen molar-refractivity contribution < 1.29 is 20.4 Å². The van der Waals surface area contributed by atoms with Crippen LogP contribution in [-0.2, 0) is 27.5 Å². The van der Waals surface area contributed by atoms with Crippen LogP contribution in [0.5, 0.6) is 0 Å². The van der Waals surface area contributed by atoms with Crippen molar-refractivity contribution in [2.24, 2.45) is 7.05 Å². The van der Waals surface area contributed by atoms with Gasteiger partial charge in [0.1, 0.15) is 0 Å². The van der Waals surface area contributed by atoms with Crippen LogP contribution in [0.4, 0.5) is 0 Å². The summed E-state index contributed by atoms with van der Waals surface area (Å²) in [6.45, 7) is 1.89. The minimum absolute atomic E-state index is 0. The van der Waals surface area contributed by atoms with E-state index in [4.69, 9.17) is 0 Å². The topological polar surface area (TPSA) is 17.8 Å². The Bertz CT molecular complexity index is 147. The molecule has 47 valence electrons. The largest absolute Gasteiger partial charge is 0.687 e. The van der Waals surface area contributed by atoms with Gasteiger partial charge < -0.3 is 22.1 Å². The molecule has 0 atom stereocenters. The van der Waals surface area contributed by atoms with Crippen LogP contribution in [0.3, 0.4) is 0 Å². The van der Waals surface area contributed by atoms with Crippen LogP contribution in [0.15, 0.2) is 0 Å². The first-order valence-corrected chi connectivity index (χ1v) is 2.09. The molecule has 0 amide bonds. The molecule has 0 aliphatic rings. The van der Waals surface area contributed by atoms with Crippen molar-refractivity contribution in [2.75, 3.05) is 0 Å². The summed E-state index contributed by atoms with van der Waals surface area (Å²) in [5, 5.41) is 0. The van der Waals surface area contributed by atoms with E-state index in [1.165, 1.54) is 0 Å². The minimum Gasteiger partial charge on any atom is -0.687 e. The zero-order valence-electron chi connectivity index (χ0n) is 5.48. The average Bonchev–Trinajstić information content (AvgIpc) is 1.87. The summed E-state index contributed by atoms with van der Waals surface area (Å²) in [5.74, 6) is 0. The molecule has 1 rings (SSSR count). The van der Waals surface area contributed by atoms with Gasteiger partial charge in [-0.05, 0) is 0 Å². The van der Waals surface area contributed by atoms with Crippen molar-refractivity contribution in [3.63, 3.8) is 0 Å². The Morgan fingerprint density at radius 2 is 2.11 bits per heavy atom. The molecule has 0 fully saturated rings. The van der Waals surface area contributed by atoms with Crippen molar-refractivity contribution in [1.82, 2.24) is 9.55 Å². The number of hydrogen-bond acceptors (Lipinski definition) is 1. The number of imidazole rings is 1. The van der Waals surface area contributed by atoms with Gasteiger partial charge in [0.15, 0.2) is 0 Å². The second kappa shape index (κ2) is 3.82. The Morgan fingerprint density at radius 1 is 1.56 bits per heavy atom. The predicted molar refractivity (Wildman–Crippen MR) is 25.6 cm³/mol. The summed E-state index contributed by atoms with van der Waals surface area (Å²) >= 11 is 0. The molecule has 1 heterocycles. The summed E-state index contributed by atoms with van der Waals surface area (Å²) in [6.07, 6.45) is 5.57. The maximum atomic E-state index is 3.80. The van der Waals surface area contributed by atoms with Gasteiger partial charge in [-0.1, -0.05) is 14.0 Å². The van der Waals surface area contributed by atoms with E-state index in [1.54, 1.807) is 4.57 Å². The number of hydrogen-bond donors (Lipinski definition) is 0. The van der Waals surface area contributed by atoms with Crippen LogP contribution < -0.4 is 0 Å². The number of rotatable bonds is 0. The first-order chi connectivity index (χ1) is 3.29. The summed E-state index contributed by atoms with van der Waals surface area (Å²) in [4.78, 5) is 3.80. The quantitative estimate of drug-likeness (QED) is 0.429. The van der Waals surface area contributed by atoms with Crippen molar-refractivity contribution >= 4 is 0 Å². The van der Waals surface area contributed by atoms with E-state index < -0.39 is 0 Å². The molecule has 1 aromatic heterocycles. The molecule has 0 bridgehead atoms. The maximum absolute atomic E-state index is 3.80. The molecule has 0 spiro atoms. The fourth-order valence-corrected chi connectivity index (χ4v) is 0.443. The summed E-state index contributed by atoms with van der Waals surface area (Å²) < 4.78 is 1.68. The molecule has 0 unspecified atom stereocenters. The fraction of sp³-hybridized carbons (Fsp3) is 0.400. The average molecular weight is 547 g/mol. The summed E-state index contributed by atoms with van der Waals surface area (Å²) in [7, 11) is 1.85. The van der Waals surface area contributed by atoms with Gasteiger partial charge in [0.2, 0.25) is 0 Å². The Balaban J connectivity index is 0. The molecular weight excluding hydrogens is 541 g/mol. The molecule has 0 aliphatic heterocycles. The second-order valence-corrected chi connectivity index (χ2v) is 1.47. The van der Waals surface area contributed by atoms with E-state index in [0.29, 0.717) is 0 Å². The van der Waals surface area contributed by atoms with Crippen LogP contribution in [-0.4, -0.2) is 9.55 Å². The number of nitrogens with zero attached hydrogens (tertiary/aromatic N) is 2. The Morgan fingerprint density at radius 3 is 2.22 bits per heavy atom. The molecule has 0 aliphatic carbocycles.